The standard InChI is InChI=1S/C29H29N7O/c1-18-9-11-20(17-31-18)36-27(15-25(35-36)29(2,3)4)34-28(37)33-24-13-12-21(19-10-14-26(30)32-16-19)22-7-5-6-8-23(22)24/h5-17H,1-4H3,(H2,30,32)(H2,33,34,37). The number of nitrogens with two attached hydrogens (primary N) is 1. The Morgan fingerprint density at radius 2 is 1.68 bits per heavy atom. The van der Waals surface area contributed by atoms with Crippen molar-refractivity contribution >= 4 is 34.1 Å². The molecule has 0 spiro atoms. The number of hydrogen-bond acceptors (Lipinski definition) is 5. The number of nitrogens with one attached hydrogen (secondary N) is 2. The number of carbonyl (C=O) groups excluding carboxylic acids is 1. The van der Waals surface area contributed by atoms with E-state index in [1.165, 1.54) is 0 Å². The second-order valence-corrected chi connectivity index (χ2v) is 9.99. The van der Waals surface area contributed by atoms with Gasteiger partial charge >= 0.3 is 6.03 Å². The monoisotopic (exact) mass is 491 g/mol. The largest absolute Gasteiger partial charge is 0.384 e. The molecule has 3 heterocycles. The number of urea groups is 1. The van der Waals surface area contributed by atoms with Gasteiger partial charge in [0.25, 0.3) is 0 Å². The molecule has 37 heavy (non-hydrogen) atoms. The minimum Gasteiger partial charge on any atom is -0.384 e. The Kier molecular flexibility index (Phi) is 6.09. The van der Waals surface area contributed by atoms with E-state index in [4.69, 9.17) is 10.8 Å². The number of anilines is 3. The van der Waals surface area contributed by atoms with Crippen LogP contribution in [0, 0.1) is 6.92 Å². The van der Waals surface area contributed by atoms with E-state index in [-0.39, 0.29) is 11.4 Å². The lowest BCUT2D eigenvalue weighted by Gasteiger charge is -2.14. The molecule has 0 saturated heterocycles. The third-order valence-electron chi connectivity index (χ3n) is 6.13. The summed E-state index contributed by atoms with van der Waals surface area (Å²) in [5.74, 6) is 1.03. The lowest BCUT2D eigenvalue weighted by molar-refractivity contribution is 0.262. The molecule has 0 saturated carbocycles. The van der Waals surface area contributed by atoms with Crippen molar-refractivity contribution in [1.29, 1.82) is 0 Å². The Hall–Kier alpha value is -4.72. The average molecular weight is 492 g/mol. The number of amides is 2. The third kappa shape index (κ3) is 4.99. The van der Waals surface area contributed by atoms with Gasteiger partial charge in [-0.1, -0.05) is 51.1 Å². The van der Waals surface area contributed by atoms with E-state index in [9.17, 15) is 4.79 Å². The number of aromatic nitrogens is 4. The first kappa shape index (κ1) is 24.0. The fraction of sp³-hybridized carbons (Fsp3) is 0.172. The minimum absolute atomic E-state index is 0.195. The van der Waals surface area contributed by atoms with Crippen LogP contribution in [0.1, 0.15) is 32.2 Å². The van der Waals surface area contributed by atoms with Gasteiger partial charge in [0, 0.05) is 34.3 Å². The molecule has 8 nitrogen and oxygen atoms in total. The number of benzene rings is 2. The van der Waals surface area contributed by atoms with Crippen LogP contribution in [0.3, 0.4) is 0 Å². The molecule has 2 amide bonds. The van der Waals surface area contributed by atoms with Crippen molar-refractivity contribution in [2.45, 2.75) is 33.1 Å². The van der Waals surface area contributed by atoms with Crippen LogP contribution in [0.2, 0.25) is 0 Å². The Bertz CT molecular complexity index is 1580. The van der Waals surface area contributed by atoms with Crippen molar-refractivity contribution in [2.24, 2.45) is 0 Å². The van der Waals surface area contributed by atoms with Crippen LogP contribution in [0.25, 0.3) is 27.6 Å². The molecule has 0 aliphatic heterocycles. The first-order chi connectivity index (χ1) is 17.7. The summed E-state index contributed by atoms with van der Waals surface area (Å²) in [6.45, 7) is 8.18. The summed E-state index contributed by atoms with van der Waals surface area (Å²) in [5.41, 5.74) is 10.8. The molecule has 3 aromatic heterocycles. The zero-order chi connectivity index (χ0) is 26.2. The van der Waals surface area contributed by atoms with Crippen LogP contribution in [0.15, 0.2) is 79.1 Å². The van der Waals surface area contributed by atoms with Gasteiger partial charge in [0.05, 0.1) is 23.3 Å². The van der Waals surface area contributed by atoms with Crippen LogP contribution in [-0.4, -0.2) is 25.8 Å². The summed E-state index contributed by atoms with van der Waals surface area (Å²) >= 11 is 0. The lowest BCUT2D eigenvalue weighted by Crippen LogP contribution is -2.21. The SMILES string of the molecule is Cc1ccc(-n2nc(C(C)(C)C)cc2NC(=O)Nc2ccc(-c3ccc(N)nc3)c3ccccc23)cn1. The zero-order valence-electron chi connectivity index (χ0n) is 21.3. The Morgan fingerprint density at radius 1 is 0.892 bits per heavy atom. The van der Waals surface area contributed by atoms with E-state index in [0.29, 0.717) is 17.3 Å². The van der Waals surface area contributed by atoms with Gasteiger partial charge in [-0.25, -0.2) is 14.5 Å². The van der Waals surface area contributed by atoms with Gasteiger partial charge < -0.3 is 11.1 Å². The van der Waals surface area contributed by atoms with Gasteiger partial charge in [0.2, 0.25) is 0 Å². The second-order valence-electron chi connectivity index (χ2n) is 9.99. The van der Waals surface area contributed by atoms with Crippen LogP contribution >= 0.6 is 0 Å². The van der Waals surface area contributed by atoms with Gasteiger partial charge in [0.1, 0.15) is 11.6 Å². The molecule has 5 rings (SSSR count). The van der Waals surface area contributed by atoms with Gasteiger partial charge in [-0.3, -0.25) is 10.3 Å². The summed E-state index contributed by atoms with van der Waals surface area (Å²) < 4.78 is 1.71. The summed E-state index contributed by atoms with van der Waals surface area (Å²) in [6, 6.07) is 20.9. The molecule has 0 aliphatic rings. The summed E-state index contributed by atoms with van der Waals surface area (Å²) in [5, 5.41) is 12.7. The maximum atomic E-state index is 13.2. The predicted octanol–water partition coefficient (Wildman–Crippen LogP) is 6.31. The average Bonchev–Trinajstić information content (AvgIpc) is 3.29. The molecule has 5 aromatic rings. The summed E-state index contributed by atoms with van der Waals surface area (Å²) in [4.78, 5) is 21.8. The Labute approximate surface area is 215 Å². The molecule has 0 bridgehead atoms. The molecule has 0 atom stereocenters. The van der Waals surface area contributed by atoms with Gasteiger partial charge in [-0.2, -0.15) is 5.10 Å². The van der Waals surface area contributed by atoms with E-state index in [1.54, 1.807) is 23.1 Å². The van der Waals surface area contributed by atoms with Crippen molar-refractivity contribution < 1.29 is 4.79 Å². The molecule has 0 aliphatic carbocycles. The summed E-state index contributed by atoms with van der Waals surface area (Å²) in [6.07, 6.45) is 3.50. The molecule has 2 aromatic carbocycles. The number of aryl methyl sites for hydroxylation is 1. The normalized spacial score (nSPS) is 11.5. The van der Waals surface area contributed by atoms with Crippen molar-refractivity contribution in [1.82, 2.24) is 19.7 Å². The number of fused-ring (bicyclic) bond motifs is 1. The molecule has 0 radical (unpaired) electrons. The number of hydrogen-bond donors (Lipinski definition) is 3. The number of carbonyl (C=O) groups is 1. The second kappa shape index (κ2) is 9.39. The Morgan fingerprint density at radius 3 is 2.35 bits per heavy atom. The van der Waals surface area contributed by atoms with Crippen molar-refractivity contribution in [3.63, 3.8) is 0 Å². The van der Waals surface area contributed by atoms with Gasteiger partial charge in [-0.15, -0.1) is 0 Å². The van der Waals surface area contributed by atoms with Crippen LogP contribution in [0.5, 0.6) is 0 Å². The van der Waals surface area contributed by atoms with Crippen LogP contribution in [0.4, 0.5) is 22.1 Å². The molecule has 0 unspecified atom stereocenters. The maximum Gasteiger partial charge on any atom is 0.324 e. The summed E-state index contributed by atoms with van der Waals surface area (Å²) in [7, 11) is 0. The number of pyridine rings is 2. The van der Waals surface area contributed by atoms with E-state index in [2.05, 4.69) is 41.4 Å². The highest BCUT2D eigenvalue weighted by molar-refractivity contribution is 6.09. The first-order valence-corrected chi connectivity index (χ1v) is 12.0. The highest BCUT2D eigenvalue weighted by atomic mass is 16.2. The fourth-order valence-electron chi connectivity index (χ4n) is 4.11. The van der Waals surface area contributed by atoms with E-state index < -0.39 is 0 Å². The van der Waals surface area contributed by atoms with Crippen molar-refractivity contribution in [3.8, 4) is 16.8 Å². The fourth-order valence-corrected chi connectivity index (χ4v) is 4.11. The van der Waals surface area contributed by atoms with E-state index in [0.717, 1.165) is 39.0 Å². The zero-order valence-corrected chi connectivity index (χ0v) is 21.3. The molecule has 186 valence electrons. The van der Waals surface area contributed by atoms with Crippen LogP contribution < -0.4 is 16.4 Å². The highest BCUT2D eigenvalue weighted by Crippen LogP contribution is 2.33. The third-order valence-corrected chi connectivity index (χ3v) is 6.13. The molecule has 8 heteroatoms. The van der Waals surface area contributed by atoms with E-state index in [1.807, 2.05) is 67.6 Å². The van der Waals surface area contributed by atoms with Gasteiger partial charge in [0.15, 0.2) is 0 Å². The van der Waals surface area contributed by atoms with E-state index >= 15 is 0 Å². The maximum absolute atomic E-state index is 13.2. The Balaban J connectivity index is 1.46. The highest BCUT2D eigenvalue weighted by Gasteiger charge is 2.22. The van der Waals surface area contributed by atoms with Crippen LogP contribution in [-0.2, 0) is 5.41 Å². The minimum atomic E-state index is -0.367. The number of rotatable bonds is 4. The first-order valence-electron chi connectivity index (χ1n) is 12.0. The topological polar surface area (TPSA) is 111 Å². The quantitative estimate of drug-likeness (QED) is 0.273. The van der Waals surface area contributed by atoms with Gasteiger partial charge in [-0.05, 0) is 48.2 Å². The molecular weight excluding hydrogens is 462 g/mol. The number of nitrogens with zero attached hydrogens (tertiary/aromatic N) is 4. The predicted molar refractivity (Wildman–Crippen MR) is 149 cm³/mol. The molecule has 4 N–H and O–H groups in total. The van der Waals surface area contributed by atoms with Crippen molar-refractivity contribution in [2.75, 3.05) is 16.4 Å². The van der Waals surface area contributed by atoms with Crippen molar-refractivity contribution in [3.05, 3.63) is 90.5 Å². The lowest BCUT2D eigenvalue weighted by atomic mass is 9.92. The smallest absolute Gasteiger partial charge is 0.324 e. The number of nitrogen functional groups attached to an aromatic ring is 1. The molecular formula is C29H29N7O. The molecule has 0 fully saturated rings.